The molecular formula is C35H21N9. The van der Waals surface area contributed by atoms with Gasteiger partial charge in [-0.2, -0.15) is 0 Å². The fraction of sp³-hybridized carbons (Fsp3) is 0. The van der Waals surface area contributed by atoms with Gasteiger partial charge in [-0.15, -0.1) is 0 Å². The van der Waals surface area contributed by atoms with Crippen molar-refractivity contribution >= 4 is 44.1 Å². The number of pyridine rings is 7. The molecule has 9 heterocycles. The summed E-state index contributed by atoms with van der Waals surface area (Å²) >= 11 is 0. The number of rotatable bonds is 4. The van der Waals surface area contributed by atoms with Crippen molar-refractivity contribution in [2.75, 3.05) is 0 Å². The molecule has 0 unspecified atom stereocenters. The van der Waals surface area contributed by atoms with E-state index in [0.717, 1.165) is 78.3 Å². The van der Waals surface area contributed by atoms with Crippen LogP contribution in [0.1, 0.15) is 0 Å². The molecule has 0 spiro atoms. The fourth-order valence-electron chi connectivity index (χ4n) is 5.89. The Morgan fingerprint density at radius 2 is 0.841 bits per heavy atom. The zero-order valence-electron chi connectivity index (χ0n) is 23.1. The van der Waals surface area contributed by atoms with E-state index < -0.39 is 0 Å². The summed E-state index contributed by atoms with van der Waals surface area (Å²) in [6, 6.07) is 29.9. The summed E-state index contributed by atoms with van der Waals surface area (Å²) in [7, 11) is 0. The van der Waals surface area contributed by atoms with Crippen molar-refractivity contribution < 1.29 is 0 Å². The molecule has 0 saturated heterocycles. The molecule has 0 radical (unpaired) electrons. The van der Waals surface area contributed by atoms with Crippen LogP contribution in [0.2, 0.25) is 0 Å². The van der Waals surface area contributed by atoms with Gasteiger partial charge >= 0.3 is 0 Å². The molecule has 0 aliphatic carbocycles. The van der Waals surface area contributed by atoms with E-state index in [9.17, 15) is 0 Å². The number of hydrogen-bond donors (Lipinski definition) is 0. The van der Waals surface area contributed by atoms with Gasteiger partial charge < -0.3 is 9.13 Å². The third-order valence-corrected chi connectivity index (χ3v) is 7.83. The molecule has 9 aromatic rings. The maximum atomic E-state index is 5.23. The van der Waals surface area contributed by atoms with Crippen LogP contribution in [0.5, 0.6) is 0 Å². The summed E-state index contributed by atoms with van der Waals surface area (Å²) < 4.78 is 4.33. The monoisotopic (exact) mass is 567 g/mol. The molecular weight excluding hydrogens is 546 g/mol. The Kier molecular flexibility index (Phi) is 5.30. The van der Waals surface area contributed by atoms with Crippen molar-refractivity contribution in [2.24, 2.45) is 0 Å². The van der Waals surface area contributed by atoms with Gasteiger partial charge in [0.05, 0.1) is 68.6 Å². The Bertz CT molecular complexity index is 2290. The van der Waals surface area contributed by atoms with E-state index in [0.29, 0.717) is 0 Å². The van der Waals surface area contributed by atoms with Crippen molar-refractivity contribution in [2.45, 2.75) is 0 Å². The third kappa shape index (κ3) is 3.69. The lowest BCUT2D eigenvalue weighted by molar-refractivity contribution is 1.12. The lowest BCUT2D eigenvalue weighted by Gasteiger charge is -2.10. The number of nitrogens with zero attached hydrogens (tertiary/aromatic N) is 9. The Morgan fingerprint density at radius 3 is 1.27 bits per heavy atom. The Hall–Kier alpha value is -6.35. The van der Waals surface area contributed by atoms with Crippen molar-refractivity contribution in [1.82, 2.24) is 44.0 Å². The summed E-state index contributed by atoms with van der Waals surface area (Å²) in [6.45, 7) is 0. The molecule has 9 rings (SSSR count). The van der Waals surface area contributed by atoms with E-state index in [2.05, 4.69) is 49.4 Å². The van der Waals surface area contributed by atoms with E-state index in [1.54, 1.807) is 24.8 Å². The molecule has 0 saturated carbocycles. The second-order valence-corrected chi connectivity index (χ2v) is 10.4. The highest BCUT2D eigenvalue weighted by Crippen LogP contribution is 2.36. The highest BCUT2D eigenvalue weighted by Gasteiger charge is 2.21. The average molecular weight is 568 g/mol. The van der Waals surface area contributed by atoms with Crippen LogP contribution in [0.3, 0.4) is 0 Å². The second kappa shape index (κ2) is 9.60. The van der Waals surface area contributed by atoms with Crippen LogP contribution in [0.25, 0.3) is 78.3 Å². The normalized spacial score (nSPS) is 11.6. The number of hydrogen-bond acceptors (Lipinski definition) is 7. The summed E-state index contributed by atoms with van der Waals surface area (Å²) in [5, 5.41) is 0. The van der Waals surface area contributed by atoms with Crippen molar-refractivity contribution in [1.29, 1.82) is 0 Å². The van der Waals surface area contributed by atoms with Crippen LogP contribution in [0.15, 0.2) is 128 Å². The van der Waals surface area contributed by atoms with Gasteiger partial charge in [-0.25, -0.2) is 4.98 Å². The molecule has 0 fully saturated rings. The summed E-state index contributed by atoms with van der Waals surface area (Å²) in [5.41, 5.74) is 12.0. The lowest BCUT2D eigenvalue weighted by Crippen LogP contribution is -1.98. The lowest BCUT2D eigenvalue weighted by atomic mass is 10.2. The van der Waals surface area contributed by atoms with Crippen LogP contribution < -0.4 is 0 Å². The number of fused-ring (bicyclic) bond motifs is 6. The molecule has 9 heteroatoms. The zero-order valence-corrected chi connectivity index (χ0v) is 23.1. The fourth-order valence-corrected chi connectivity index (χ4v) is 5.89. The molecule has 0 amide bonds. The van der Waals surface area contributed by atoms with Crippen molar-refractivity contribution in [3.63, 3.8) is 0 Å². The first-order valence-corrected chi connectivity index (χ1v) is 14.1. The standard InChI is InChI=1S/C35H21N9/c1-3-15-36-24(7-1)26-13-11-22(20-40-26)43-28-9-5-17-38-32(28)34-30(43)19-31-35(42-34)33-29(10-6-18-39-33)44(31)23-12-14-27(41-21-23)25-8-2-4-16-37-25/h1-21H. The molecule has 0 aromatic carbocycles. The third-order valence-electron chi connectivity index (χ3n) is 7.83. The Morgan fingerprint density at radius 1 is 0.364 bits per heavy atom. The summed E-state index contributed by atoms with van der Waals surface area (Å²) in [4.78, 5) is 33.2. The van der Waals surface area contributed by atoms with E-state index in [1.807, 2.05) is 73.1 Å². The minimum atomic E-state index is 0.801. The highest BCUT2D eigenvalue weighted by atomic mass is 15.1. The smallest absolute Gasteiger partial charge is 0.116 e. The number of aromatic nitrogens is 9. The molecule has 0 aliphatic rings. The van der Waals surface area contributed by atoms with Crippen molar-refractivity contribution in [3.8, 4) is 34.2 Å². The maximum Gasteiger partial charge on any atom is 0.116 e. The summed E-state index contributed by atoms with van der Waals surface area (Å²) in [5.74, 6) is 0. The zero-order chi connectivity index (χ0) is 29.0. The highest BCUT2D eigenvalue weighted by molar-refractivity contribution is 6.13. The van der Waals surface area contributed by atoms with E-state index in [4.69, 9.17) is 24.9 Å². The molecule has 206 valence electrons. The van der Waals surface area contributed by atoms with Crippen LogP contribution in [0.4, 0.5) is 0 Å². The van der Waals surface area contributed by atoms with Gasteiger partial charge in [0.1, 0.15) is 22.1 Å². The van der Waals surface area contributed by atoms with E-state index in [-0.39, 0.29) is 0 Å². The van der Waals surface area contributed by atoms with Gasteiger partial charge in [-0.05, 0) is 78.9 Å². The van der Waals surface area contributed by atoms with Crippen molar-refractivity contribution in [3.05, 3.63) is 128 Å². The van der Waals surface area contributed by atoms with Gasteiger partial charge in [-0.1, -0.05) is 12.1 Å². The predicted molar refractivity (Wildman–Crippen MR) is 171 cm³/mol. The molecule has 0 atom stereocenters. The first-order valence-electron chi connectivity index (χ1n) is 14.1. The predicted octanol–water partition coefficient (Wildman–Crippen LogP) is 6.98. The molecule has 0 bridgehead atoms. The quantitative estimate of drug-likeness (QED) is 0.226. The summed E-state index contributed by atoms with van der Waals surface area (Å²) in [6.07, 6.45) is 10.9. The van der Waals surface area contributed by atoms with Gasteiger partial charge in [-0.3, -0.25) is 29.9 Å². The largest absolute Gasteiger partial charge is 0.304 e. The SMILES string of the molecule is c1ccc(-c2ccc(-n3c4cccnc4c4nc5c6ncccc6n(-c6ccc(-c7ccccn7)nc6)c5cc43)cn2)nc1. The first-order chi connectivity index (χ1) is 21.8. The molecule has 9 aromatic heterocycles. The minimum Gasteiger partial charge on any atom is -0.304 e. The second-order valence-electron chi connectivity index (χ2n) is 10.4. The van der Waals surface area contributed by atoms with Gasteiger partial charge in [0.2, 0.25) is 0 Å². The van der Waals surface area contributed by atoms with Crippen LogP contribution >= 0.6 is 0 Å². The van der Waals surface area contributed by atoms with Crippen LogP contribution in [-0.2, 0) is 0 Å². The average Bonchev–Trinajstić information content (AvgIpc) is 3.60. The van der Waals surface area contributed by atoms with Gasteiger partial charge in [0.15, 0.2) is 0 Å². The van der Waals surface area contributed by atoms with Crippen LogP contribution in [-0.4, -0.2) is 44.0 Å². The Balaban J connectivity index is 1.29. The van der Waals surface area contributed by atoms with Gasteiger partial charge in [0, 0.05) is 24.8 Å². The molecule has 44 heavy (non-hydrogen) atoms. The van der Waals surface area contributed by atoms with E-state index >= 15 is 0 Å². The van der Waals surface area contributed by atoms with E-state index in [1.165, 1.54) is 0 Å². The minimum absolute atomic E-state index is 0.801. The van der Waals surface area contributed by atoms with Crippen LogP contribution in [0, 0.1) is 0 Å². The molecule has 0 N–H and O–H groups in total. The Labute approximate surface area is 250 Å². The maximum absolute atomic E-state index is 5.23. The first kappa shape index (κ1) is 24.3. The van der Waals surface area contributed by atoms with Gasteiger partial charge in [0.25, 0.3) is 0 Å². The topological polar surface area (TPSA) is 100 Å². The molecule has 0 aliphatic heterocycles. The molecule has 9 nitrogen and oxygen atoms in total.